The number of non-ortho nitro benzene ring substituents is 1. The van der Waals surface area contributed by atoms with Crippen molar-refractivity contribution in [1.82, 2.24) is 4.90 Å². The zero-order chi connectivity index (χ0) is 21.0. The van der Waals surface area contributed by atoms with Gasteiger partial charge in [-0.3, -0.25) is 14.9 Å². The molecule has 1 heterocycles. The molecule has 0 radical (unpaired) electrons. The van der Waals surface area contributed by atoms with Gasteiger partial charge in [0.15, 0.2) is 16.4 Å². The fraction of sp³-hybridized carbons (Fsp3) is 0.316. The molecule has 1 saturated heterocycles. The number of carbonyl (C=O) groups excluding carboxylic acids is 1. The Labute approximate surface area is 173 Å². The molecule has 1 aliphatic rings. The van der Waals surface area contributed by atoms with E-state index < -0.39 is 20.8 Å². The summed E-state index contributed by atoms with van der Waals surface area (Å²) in [5, 5.41) is 11.2. The van der Waals surface area contributed by atoms with Crippen LogP contribution in [0.4, 0.5) is 5.69 Å². The summed E-state index contributed by atoms with van der Waals surface area (Å²) in [6.45, 7) is -0.0991. The highest BCUT2D eigenvalue weighted by Gasteiger charge is 2.34. The molecule has 0 N–H and O–H groups in total. The quantitative estimate of drug-likeness (QED) is 0.486. The van der Waals surface area contributed by atoms with Crippen molar-refractivity contribution in [3.63, 3.8) is 0 Å². The van der Waals surface area contributed by atoms with E-state index in [-0.39, 0.29) is 36.3 Å². The lowest BCUT2D eigenvalue weighted by Gasteiger charge is -2.28. The van der Waals surface area contributed by atoms with E-state index in [9.17, 15) is 23.3 Å². The second-order valence-corrected chi connectivity index (χ2v) is 9.41. The van der Waals surface area contributed by atoms with E-state index >= 15 is 0 Å². The van der Waals surface area contributed by atoms with Gasteiger partial charge in [0.1, 0.15) is 5.75 Å². The molecule has 0 saturated carbocycles. The Morgan fingerprint density at radius 2 is 1.97 bits per heavy atom. The molecule has 1 amide bonds. The topological polar surface area (TPSA) is 107 Å². The number of nitrogens with zero attached hydrogens (tertiary/aromatic N) is 2. The molecule has 1 fully saturated rings. The predicted octanol–water partition coefficient (Wildman–Crippen LogP) is 2.84. The first-order chi connectivity index (χ1) is 13.7. The summed E-state index contributed by atoms with van der Waals surface area (Å²) in [5.74, 6) is -0.104. The third kappa shape index (κ3) is 5.68. The zero-order valence-electron chi connectivity index (χ0n) is 15.4. The maximum absolute atomic E-state index is 12.8. The average molecular weight is 439 g/mol. The minimum atomic E-state index is -3.18. The van der Waals surface area contributed by atoms with E-state index in [4.69, 9.17) is 16.3 Å². The fourth-order valence-corrected chi connectivity index (χ4v) is 5.11. The van der Waals surface area contributed by atoms with E-state index in [1.165, 1.54) is 29.2 Å². The molecule has 0 spiro atoms. The number of amides is 1. The third-order valence-electron chi connectivity index (χ3n) is 4.62. The van der Waals surface area contributed by atoms with Gasteiger partial charge in [0.25, 0.3) is 11.6 Å². The lowest BCUT2D eigenvalue weighted by Crippen LogP contribution is -2.43. The van der Waals surface area contributed by atoms with Gasteiger partial charge in [-0.15, -0.1) is 0 Å². The first kappa shape index (κ1) is 21.1. The maximum Gasteiger partial charge on any atom is 0.269 e. The monoisotopic (exact) mass is 438 g/mol. The Hall–Kier alpha value is -2.65. The summed E-state index contributed by atoms with van der Waals surface area (Å²) >= 11 is 6.02. The number of hydrogen-bond acceptors (Lipinski definition) is 6. The Balaban J connectivity index is 1.72. The van der Waals surface area contributed by atoms with Crippen LogP contribution in [-0.2, 0) is 21.2 Å². The number of hydrogen-bond donors (Lipinski definition) is 0. The van der Waals surface area contributed by atoms with Gasteiger partial charge < -0.3 is 9.64 Å². The van der Waals surface area contributed by atoms with E-state index in [1.54, 1.807) is 18.2 Å². The van der Waals surface area contributed by atoms with Crippen LogP contribution < -0.4 is 4.74 Å². The van der Waals surface area contributed by atoms with E-state index in [0.29, 0.717) is 17.2 Å². The zero-order valence-corrected chi connectivity index (χ0v) is 16.9. The number of halogens is 1. The van der Waals surface area contributed by atoms with Gasteiger partial charge in [0.2, 0.25) is 0 Å². The lowest BCUT2D eigenvalue weighted by atomic mass is 10.1. The molecular weight excluding hydrogens is 420 g/mol. The molecule has 1 unspecified atom stereocenters. The number of rotatable bonds is 7. The van der Waals surface area contributed by atoms with Crippen LogP contribution in [0.2, 0.25) is 5.02 Å². The third-order valence-corrected chi connectivity index (χ3v) is 6.61. The molecule has 0 aromatic heterocycles. The van der Waals surface area contributed by atoms with Crippen molar-refractivity contribution in [3.8, 4) is 5.75 Å². The lowest BCUT2D eigenvalue weighted by molar-refractivity contribution is -0.384. The summed E-state index contributed by atoms with van der Waals surface area (Å²) in [6.07, 6.45) is 0.367. The van der Waals surface area contributed by atoms with Crippen LogP contribution in [0, 0.1) is 10.1 Å². The highest BCUT2D eigenvalue weighted by atomic mass is 35.5. The molecule has 2 aromatic rings. The number of carbonyl (C=O) groups is 1. The smallest absolute Gasteiger partial charge is 0.269 e. The van der Waals surface area contributed by atoms with Crippen molar-refractivity contribution in [3.05, 3.63) is 69.2 Å². The number of benzene rings is 2. The first-order valence-corrected chi connectivity index (χ1v) is 11.0. The SMILES string of the molecule is O=C(COc1ccc([N+](=O)[O-])cc1)N(Cc1cccc(Cl)c1)C1CCS(=O)(=O)C1. The van der Waals surface area contributed by atoms with Crippen LogP contribution in [0.25, 0.3) is 0 Å². The van der Waals surface area contributed by atoms with Crippen molar-refractivity contribution in [2.24, 2.45) is 0 Å². The van der Waals surface area contributed by atoms with Crippen LogP contribution >= 0.6 is 11.6 Å². The van der Waals surface area contributed by atoms with Gasteiger partial charge in [-0.25, -0.2) is 8.42 Å². The number of ether oxygens (including phenoxy) is 1. The van der Waals surface area contributed by atoms with E-state index in [2.05, 4.69) is 0 Å². The summed E-state index contributed by atoms with van der Waals surface area (Å²) in [5.41, 5.74) is 0.702. The van der Waals surface area contributed by atoms with Gasteiger partial charge in [-0.05, 0) is 36.2 Å². The number of nitro groups is 1. The molecule has 1 aliphatic heterocycles. The Kier molecular flexibility index (Phi) is 6.39. The second-order valence-electron chi connectivity index (χ2n) is 6.75. The molecule has 2 aromatic carbocycles. The molecule has 0 aliphatic carbocycles. The van der Waals surface area contributed by atoms with Gasteiger partial charge in [0.05, 0.1) is 16.4 Å². The molecule has 3 rings (SSSR count). The van der Waals surface area contributed by atoms with Crippen LogP contribution in [0.3, 0.4) is 0 Å². The molecule has 154 valence electrons. The predicted molar refractivity (Wildman–Crippen MR) is 108 cm³/mol. The summed E-state index contributed by atoms with van der Waals surface area (Å²) in [7, 11) is -3.18. The largest absolute Gasteiger partial charge is 0.484 e. The van der Waals surface area contributed by atoms with Crippen molar-refractivity contribution in [2.45, 2.75) is 19.0 Å². The van der Waals surface area contributed by atoms with Gasteiger partial charge in [-0.2, -0.15) is 0 Å². The van der Waals surface area contributed by atoms with Crippen LogP contribution in [0.1, 0.15) is 12.0 Å². The molecule has 10 heteroatoms. The molecule has 1 atom stereocenters. The number of nitro benzene ring substituents is 1. The van der Waals surface area contributed by atoms with Crippen LogP contribution in [-0.4, -0.2) is 48.3 Å². The maximum atomic E-state index is 12.8. The average Bonchev–Trinajstić information content (AvgIpc) is 3.04. The van der Waals surface area contributed by atoms with Gasteiger partial charge >= 0.3 is 0 Å². The molecule has 8 nitrogen and oxygen atoms in total. The highest BCUT2D eigenvalue weighted by Crippen LogP contribution is 2.22. The minimum absolute atomic E-state index is 0.0419. The number of sulfone groups is 1. The first-order valence-electron chi connectivity index (χ1n) is 8.85. The van der Waals surface area contributed by atoms with E-state index in [1.807, 2.05) is 6.07 Å². The van der Waals surface area contributed by atoms with Crippen molar-refractivity contribution in [2.75, 3.05) is 18.1 Å². The Morgan fingerprint density at radius 3 is 2.55 bits per heavy atom. The van der Waals surface area contributed by atoms with Crippen molar-refractivity contribution in [1.29, 1.82) is 0 Å². The van der Waals surface area contributed by atoms with Gasteiger partial charge in [-0.1, -0.05) is 23.7 Å². The summed E-state index contributed by atoms with van der Waals surface area (Å²) < 4.78 is 29.3. The summed E-state index contributed by atoms with van der Waals surface area (Å²) in [4.78, 5) is 24.5. The molecule has 29 heavy (non-hydrogen) atoms. The van der Waals surface area contributed by atoms with E-state index in [0.717, 1.165) is 5.56 Å². The Morgan fingerprint density at radius 1 is 1.24 bits per heavy atom. The van der Waals surface area contributed by atoms with Gasteiger partial charge in [0, 0.05) is 29.7 Å². The van der Waals surface area contributed by atoms with Crippen molar-refractivity contribution >= 4 is 33.0 Å². The second kappa shape index (κ2) is 8.79. The van der Waals surface area contributed by atoms with Crippen LogP contribution in [0.15, 0.2) is 48.5 Å². The molecule has 0 bridgehead atoms. The standard InChI is InChI=1S/C19H19ClN2O6S/c20-15-3-1-2-14(10-15)11-21(17-8-9-29(26,27)13-17)19(23)12-28-18-6-4-16(5-7-18)22(24)25/h1-7,10,17H,8-9,11-13H2. The fourth-order valence-electron chi connectivity index (χ4n) is 3.17. The Bertz CT molecular complexity index is 1010. The van der Waals surface area contributed by atoms with Crippen molar-refractivity contribution < 1.29 is 22.9 Å². The van der Waals surface area contributed by atoms with Crippen LogP contribution in [0.5, 0.6) is 5.75 Å². The summed E-state index contributed by atoms with van der Waals surface area (Å²) in [6, 6.07) is 12.0. The molecular formula is C19H19ClN2O6S. The highest BCUT2D eigenvalue weighted by molar-refractivity contribution is 7.91. The normalized spacial score (nSPS) is 17.6. The minimum Gasteiger partial charge on any atom is -0.484 e.